The molecule has 11 heteroatoms. The van der Waals surface area contributed by atoms with E-state index in [1.807, 2.05) is 41.9 Å². The number of likely N-dealkylation sites (N-methyl/N-ethyl adjacent to an activating group) is 1. The zero-order valence-corrected chi connectivity index (χ0v) is 18.9. The average Bonchev–Trinajstić information content (AvgIpc) is 3.20. The van der Waals surface area contributed by atoms with Crippen molar-refractivity contribution in [2.45, 2.75) is 32.5 Å². The number of hydrogen-bond donors (Lipinski definition) is 2. The predicted molar refractivity (Wildman–Crippen MR) is 122 cm³/mol. The van der Waals surface area contributed by atoms with Gasteiger partial charge < -0.3 is 20.3 Å². The van der Waals surface area contributed by atoms with E-state index in [-0.39, 0.29) is 11.9 Å². The van der Waals surface area contributed by atoms with E-state index in [0.29, 0.717) is 54.4 Å². The predicted octanol–water partition coefficient (Wildman–Crippen LogP) is 2.48. The first-order valence-corrected chi connectivity index (χ1v) is 10.6. The van der Waals surface area contributed by atoms with E-state index < -0.39 is 0 Å². The Morgan fingerprint density at radius 3 is 2.94 bits per heavy atom. The number of rotatable bonds is 8. The lowest BCUT2D eigenvalue weighted by Gasteiger charge is -2.34. The number of amides is 1. The molecule has 0 saturated carbocycles. The fourth-order valence-electron chi connectivity index (χ4n) is 3.62. The fraction of sp³-hybridized carbons (Fsp3) is 0.381. The lowest BCUT2D eigenvalue weighted by atomic mass is 10.1. The first-order valence-electron chi connectivity index (χ1n) is 10.2. The molecule has 0 fully saturated rings. The van der Waals surface area contributed by atoms with Crippen molar-refractivity contribution in [1.82, 2.24) is 24.7 Å². The summed E-state index contributed by atoms with van der Waals surface area (Å²) < 4.78 is 6.98. The summed E-state index contributed by atoms with van der Waals surface area (Å²) in [5.41, 5.74) is 3.35. The van der Waals surface area contributed by atoms with Gasteiger partial charge in [-0.1, -0.05) is 11.6 Å². The molecule has 10 nitrogen and oxygen atoms in total. The topological polar surface area (TPSA) is 110 Å². The number of nitrogens with one attached hydrogen (secondary N) is 2. The van der Waals surface area contributed by atoms with Crippen molar-refractivity contribution in [1.29, 1.82) is 0 Å². The number of fused-ring (bicyclic) bond motifs is 1. The zero-order valence-electron chi connectivity index (χ0n) is 18.2. The summed E-state index contributed by atoms with van der Waals surface area (Å²) in [6.07, 6.45) is 6.01. The minimum absolute atomic E-state index is 0.0765. The zero-order chi connectivity index (χ0) is 22.7. The Morgan fingerprint density at radius 1 is 1.31 bits per heavy atom. The average molecular weight is 457 g/mol. The number of aromatic nitrogens is 5. The number of hydrogen-bond acceptors (Lipinski definition) is 8. The van der Waals surface area contributed by atoms with Crippen LogP contribution < -0.4 is 15.5 Å². The van der Waals surface area contributed by atoms with E-state index in [4.69, 9.17) is 16.3 Å². The van der Waals surface area contributed by atoms with Crippen molar-refractivity contribution in [3.8, 4) is 0 Å². The lowest BCUT2D eigenvalue weighted by Crippen LogP contribution is -2.47. The molecule has 1 amide bonds. The number of ether oxygens (including phenoxy) is 1. The number of carbonyl (C=O) groups is 1. The summed E-state index contributed by atoms with van der Waals surface area (Å²) >= 11 is 5.95. The van der Waals surface area contributed by atoms with Crippen LogP contribution in [-0.4, -0.2) is 57.4 Å². The van der Waals surface area contributed by atoms with Crippen molar-refractivity contribution in [3.63, 3.8) is 0 Å². The second-order valence-electron chi connectivity index (χ2n) is 7.62. The van der Waals surface area contributed by atoms with Gasteiger partial charge in [0.1, 0.15) is 16.9 Å². The lowest BCUT2D eigenvalue weighted by molar-refractivity contribution is -0.118. The molecule has 168 valence electrons. The summed E-state index contributed by atoms with van der Waals surface area (Å²) in [6, 6.07) is 3.38. The highest BCUT2D eigenvalue weighted by Gasteiger charge is 2.33. The molecule has 0 radical (unpaired) electrons. The van der Waals surface area contributed by atoms with Gasteiger partial charge in [0.15, 0.2) is 5.82 Å². The molecule has 0 aromatic carbocycles. The molecule has 1 atom stereocenters. The number of methoxy groups -OCH3 is 1. The van der Waals surface area contributed by atoms with E-state index in [1.54, 1.807) is 19.5 Å². The first-order chi connectivity index (χ1) is 15.4. The Hall–Kier alpha value is -3.24. The SMILES string of the molecule is COCC[C@H]1C(=O)Nc2c(C)nc(NCc3cnn(Cc4ccnc(Cl)c4)c3)nc2N1C. The molecule has 3 aromatic rings. The van der Waals surface area contributed by atoms with Gasteiger partial charge in [-0.3, -0.25) is 9.48 Å². The largest absolute Gasteiger partial charge is 0.385 e. The fourth-order valence-corrected chi connectivity index (χ4v) is 3.81. The van der Waals surface area contributed by atoms with Gasteiger partial charge in [0, 0.05) is 51.7 Å². The maximum absolute atomic E-state index is 12.5. The van der Waals surface area contributed by atoms with Gasteiger partial charge in [0.2, 0.25) is 11.9 Å². The number of carbonyl (C=O) groups excluding carboxylic acids is 1. The van der Waals surface area contributed by atoms with Crippen LogP contribution in [0.4, 0.5) is 17.5 Å². The summed E-state index contributed by atoms with van der Waals surface area (Å²) in [7, 11) is 3.49. The molecule has 4 rings (SSSR count). The van der Waals surface area contributed by atoms with Crippen LogP contribution in [0.25, 0.3) is 0 Å². The molecule has 3 aromatic heterocycles. The van der Waals surface area contributed by atoms with Gasteiger partial charge in [-0.05, 0) is 24.6 Å². The summed E-state index contributed by atoms with van der Waals surface area (Å²) in [5, 5.41) is 11.1. The Balaban J connectivity index is 1.45. The molecule has 0 aliphatic carbocycles. The smallest absolute Gasteiger partial charge is 0.247 e. The van der Waals surface area contributed by atoms with Crippen molar-refractivity contribution in [2.75, 3.05) is 36.3 Å². The molecule has 0 unspecified atom stereocenters. The monoisotopic (exact) mass is 456 g/mol. The molecule has 0 saturated heterocycles. The Bertz CT molecular complexity index is 1120. The van der Waals surface area contributed by atoms with Gasteiger partial charge in [-0.25, -0.2) is 9.97 Å². The van der Waals surface area contributed by atoms with Gasteiger partial charge in [-0.2, -0.15) is 10.1 Å². The number of aryl methyl sites for hydroxylation is 1. The third kappa shape index (κ3) is 4.81. The van der Waals surface area contributed by atoms with Crippen LogP contribution in [0.3, 0.4) is 0 Å². The molecular weight excluding hydrogens is 432 g/mol. The maximum Gasteiger partial charge on any atom is 0.247 e. The highest BCUT2D eigenvalue weighted by molar-refractivity contribution is 6.29. The van der Waals surface area contributed by atoms with Crippen molar-refractivity contribution in [2.24, 2.45) is 0 Å². The van der Waals surface area contributed by atoms with E-state index >= 15 is 0 Å². The van der Waals surface area contributed by atoms with Crippen molar-refractivity contribution in [3.05, 3.63) is 52.7 Å². The number of halogens is 1. The maximum atomic E-state index is 12.5. The van der Waals surface area contributed by atoms with Crippen molar-refractivity contribution < 1.29 is 9.53 Å². The van der Waals surface area contributed by atoms with E-state index in [2.05, 4.69) is 30.7 Å². The van der Waals surface area contributed by atoms with Gasteiger partial charge >= 0.3 is 0 Å². The molecular formula is C21H25ClN8O2. The molecule has 0 spiro atoms. The van der Waals surface area contributed by atoms with Crippen LogP contribution in [0.2, 0.25) is 5.15 Å². The minimum atomic E-state index is -0.343. The third-order valence-corrected chi connectivity index (χ3v) is 5.50. The molecule has 0 bridgehead atoms. The highest BCUT2D eigenvalue weighted by Crippen LogP contribution is 2.33. The van der Waals surface area contributed by atoms with Crippen LogP contribution >= 0.6 is 11.6 Å². The Morgan fingerprint density at radius 2 is 2.16 bits per heavy atom. The van der Waals surface area contributed by atoms with Gasteiger partial charge in [-0.15, -0.1) is 0 Å². The van der Waals surface area contributed by atoms with Crippen LogP contribution in [0.1, 0.15) is 23.2 Å². The van der Waals surface area contributed by atoms with Crippen LogP contribution in [-0.2, 0) is 22.6 Å². The second kappa shape index (κ2) is 9.49. The third-order valence-electron chi connectivity index (χ3n) is 5.29. The minimum Gasteiger partial charge on any atom is -0.385 e. The normalized spacial score (nSPS) is 15.4. The van der Waals surface area contributed by atoms with Gasteiger partial charge in [0.25, 0.3) is 0 Å². The standard InChI is InChI=1S/C21H25ClN8O2/c1-13-18-19(29(2)16(5-7-32-3)20(31)27-18)28-21(26-13)24-9-15-10-25-30(12-15)11-14-4-6-23-17(22)8-14/h4,6,8,10,12,16H,5,7,9,11H2,1-3H3,(H,27,31)(H,24,26,28)/t16-/m0/s1. The van der Waals surface area contributed by atoms with E-state index in [1.165, 1.54) is 0 Å². The first kappa shape index (κ1) is 22.0. The molecule has 1 aliphatic heterocycles. The highest BCUT2D eigenvalue weighted by atomic mass is 35.5. The van der Waals surface area contributed by atoms with Crippen LogP contribution in [0.15, 0.2) is 30.7 Å². The summed E-state index contributed by atoms with van der Waals surface area (Å²) in [5.74, 6) is 1.10. The molecule has 1 aliphatic rings. The summed E-state index contributed by atoms with van der Waals surface area (Å²) in [4.78, 5) is 27.5. The Kier molecular flexibility index (Phi) is 6.52. The number of anilines is 3. The van der Waals surface area contributed by atoms with E-state index in [0.717, 1.165) is 11.1 Å². The second-order valence-corrected chi connectivity index (χ2v) is 8.00. The van der Waals surface area contributed by atoms with Crippen LogP contribution in [0.5, 0.6) is 0 Å². The van der Waals surface area contributed by atoms with Gasteiger partial charge in [0.05, 0.1) is 18.4 Å². The number of pyridine rings is 1. The summed E-state index contributed by atoms with van der Waals surface area (Å²) in [6.45, 7) is 3.46. The van der Waals surface area contributed by atoms with E-state index in [9.17, 15) is 4.79 Å². The molecule has 2 N–H and O–H groups in total. The number of nitrogens with zero attached hydrogens (tertiary/aromatic N) is 6. The quantitative estimate of drug-likeness (QED) is 0.497. The molecule has 32 heavy (non-hydrogen) atoms. The molecule has 4 heterocycles. The van der Waals surface area contributed by atoms with Crippen LogP contribution in [0, 0.1) is 6.92 Å². The van der Waals surface area contributed by atoms with Crippen molar-refractivity contribution >= 4 is 35.0 Å². The Labute approximate surface area is 191 Å².